The Hall–Kier alpha value is -0.890. The zero-order chi connectivity index (χ0) is 22.5. The zero-order valence-corrected chi connectivity index (χ0v) is 19.5. The van der Waals surface area contributed by atoms with Crippen LogP contribution in [-0.4, -0.2) is 80.2 Å². The third kappa shape index (κ3) is 8.87. The zero-order valence-electron chi connectivity index (χ0n) is 16.6. The molecule has 0 spiro atoms. The SMILES string of the molecule is O=C(CC1OC(COP(=O)(O)O)C(O)C(O)C1O)NC(Cc1ccccc1)C(=O)[O-].[Na+]. The van der Waals surface area contributed by atoms with E-state index in [0.717, 1.165) is 0 Å². The smallest absolute Gasteiger partial charge is 0.548 e. The van der Waals surface area contributed by atoms with Gasteiger partial charge in [0, 0.05) is 0 Å². The molecular formula is C17H23NNaO11P. The molecule has 1 saturated heterocycles. The Balaban J connectivity index is 0.00000480. The number of ether oxygens (including phenoxy) is 1. The predicted octanol–water partition coefficient (Wildman–Crippen LogP) is -6.18. The number of amides is 1. The third-order valence-corrected chi connectivity index (χ3v) is 4.99. The molecule has 0 saturated carbocycles. The second kappa shape index (κ2) is 12.4. The number of phosphoric ester groups is 1. The van der Waals surface area contributed by atoms with E-state index < -0.39 is 69.3 Å². The van der Waals surface area contributed by atoms with Gasteiger partial charge >= 0.3 is 37.4 Å². The molecule has 1 aromatic rings. The van der Waals surface area contributed by atoms with Gasteiger partial charge in [0.15, 0.2) is 0 Å². The van der Waals surface area contributed by atoms with Crippen molar-refractivity contribution >= 4 is 19.7 Å². The summed E-state index contributed by atoms with van der Waals surface area (Å²) in [6, 6.07) is 7.10. The van der Waals surface area contributed by atoms with Crippen LogP contribution in [0.3, 0.4) is 0 Å². The van der Waals surface area contributed by atoms with E-state index in [2.05, 4.69) is 9.84 Å². The normalized spacial score (nSPS) is 27.1. The Kier molecular flexibility index (Phi) is 11.2. The molecule has 1 fully saturated rings. The Morgan fingerprint density at radius 1 is 1.10 bits per heavy atom. The number of rotatable bonds is 9. The number of carbonyl (C=O) groups excluding carboxylic acids is 2. The van der Waals surface area contributed by atoms with Gasteiger partial charge in [0.05, 0.1) is 31.1 Å². The number of aliphatic hydroxyl groups excluding tert-OH is 3. The first-order valence-electron chi connectivity index (χ1n) is 8.92. The van der Waals surface area contributed by atoms with E-state index in [0.29, 0.717) is 5.56 Å². The number of carboxylic acids is 1. The molecule has 1 aliphatic heterocycles. The van der Waals surface area contributed by atoms with E-state index in [4.69, 9.17) is 14.5 Å². The number of hydrogen-bond donors (Lipinski definition) is 6. The maximum atomic E-state index is 12.3. The van der Waals surface area contributed by atoms with Crippen molar-refractivity contribution in [3.63, 3.8) is 0 Å². The molecule has 0 aromatic heterocycles. The van der Waals surface area contributed by atoms with Crippen molar-refractivity contribution in [1.29, 1.82) is 0 Å². The van der Waals surface area contributed by atoms with Crippen molar-refractivity contribution in [2.75, 3.05) is 6.61 Å². The summed E-state index contributed by atoms with van der Waals surface area (Å²) >= 11 is 0. The first-order chi connectivity index (χ1) is 14.0. The maximum Gasteiger partial charge on any atom is 1.00 e. The molecule has 6 unspecified atom stereocenters. The van der Waals surface area contributed by atoms with Crippen LogP contribution in [0.15, 0.2) is 30.3 Å². The molecule has 12 nitrogen and oxygen atoms in total. The van der Waals surface area contributed by atoms with Gasteiger partial charge in [-0.3, -0.25) is 9.32 Å². The van der Waals surface area contributed by atoms with Crippen molar-refractivity contribution in [2.24, 2.45) is 0 Å². The fourth-order valence-corrected chi connectivity index (χ4v) is 3.32. The first kappa shape index (κ1) is 28.1. The number of aliphatic carboxylic acids is 1. The van der Waals surface area contributed by atoms with Gasteiger partial charge in [0.25, 0.3) is 0 Å². The molecule has 0 radical (unpaired) electrons. The molecule has 1 amide bonds. The summed E-state index contributed by atoms with van der Waals surface area (Å²) in [5.41, 5.74) is 0.633. The minimum atomic E-state index is -4.89. The van der Waals surface area contributed by atoms with Gasteiger partial charge in [-0.05, 0) is 12.0 Å². The van der Waals surface area contributed by atoms with Crippen LogP contribution >= 0.6 is 7.82 Å². The first-order valence-corrected chi connectivity index (χ1v) is 10.4. The van der Waals surface area contributed by atoms with Crippen LogP contribution in [0.4, 0.5) is 0 Å². The van der Waals surface area contributed by atoms with Gasteiger partial charge < -0.3 is 45.1 Å². The minimum absolute atomic E-state index is 0. The number of aliphatic hydroxyl groups is 3. The van der Waals surface area contributed by atoms with E-state index in [9.17, 15) is 34.6 Å². The predicted molar refractivity (Wildman–Crippen MR) is 96.4 cm³/mol. The quantitative estimate of drug-likeness (QED) is 0.148. The number of carboxylic acid groups (broad SMARTS) is 1. The Morgan fingerprint density at radius 2 is 1.68 bits per heavy atom. The van der Waals surface area contributed by atoms with E-state index in [1.54, 1.807) is 30.3 Å². The monoisotopic (exact) mass is 471 g/mol. The Morgan fingerprint density at radius 3 is 2.23 bits per heavy atom. The molecule has 2 rings (SSSR count). The van der Waals surface area contributed by atoms with Gasteiger partial charge in [0.1, 0.15) is 24.4 Å². The summed E-state index contributed by atoms with van der Waals surface area (Å²) in [6.45, 7) is -0.816. The van der Waals surface area contributed by atoms with Crippen LogP contribution in [0.25, 0.3) is 0 Å². The van der Waals surface area contributed by atoms with Crippen LogP contribution in [-0.2, 0) is 29.8 Å². The van der Waals surface area contributed by atoms with Crippen LogP contribution in [0.1, 0.15) is 12.0 Å². The van der Waals surface area contributed by atoms with Crippen LogP contribution in [0.2, 0.25) is 0 Å². The molecule has 1 aromatic carbocycles. The van der Waals surface area contributed by atoms with Crippen molar-refractivity contribution in [3.8, 4) is 0 Å². The molecule has 0 bridgehead atoms. The summed E-state index contributed by atoms with van der Waals surface area (Å²) in [7, 11) is -4.89. The van der Waals surface area contributed by atoms with Gasteiger partial charge in [0.2, 0.25) is 5.91 Å². The van der Waals surface area contributed by atoms with E-state index in [1.807, 2.05) is 0 Å². The van der Waals surface area contributed by atoms with Gasteiger partial charge in [-0.25, -0.2) is 4.57 Å². The fraction of sp³-hybridized carbons (Fsp3) is 0.529. The number of carbonyl (C=O) groups is 2. The summed E-state index contributed by atoms with van der Waals surface area (Å²) < 4.78 is 20.3. The fourth-order valence-electron chi connectivity index (χ4n) is 2.98. The molecule has 31 heavy (non-hydrogen) atoms. The number of benzene rings is 1. The Labute approximate surface area is 199 Å². The van der Waals surface area contributed by atoms with Crippen molar-refractivity contribution in [3.05, 3.63) is 35.9 Å². The second-order valence-electron chi connectivity index (χ2n) is 6.80. The summed E-state index contributed by atoms with van der Waals surface area (Å²) in [4.78, 5) is 41.1. The van der Waals surface area contributed by atoms with E-state index in [-0.39, 0.29) is 36.0 Å². The van der Waals surface area contributed by atoms with Crippen LogP contribution < -0.4 is 40.0 Å². The maximum absolute atomic E-state index is 12.3. The van der Waals surface area contributed by atoms with Crippen LogP contribution in [0, 0.1) is 0 Å². The molecule has 6 N–H and O–H groups in total. The second-order valence-corrected chi connectivity index (χ2v) is 8.04. The molecule has 1 aliphatic rings. The minimum Gasteiger partial charge on any atom is -0.548 e. The van der Waals surface area contributed by atoms with Crippen molar-refractivity contribution in [2.45, 2.75) is 49.4 Å². The summed E-state index contributed by atoms with van der Waals surface area (Å²) in [5.74, 6) is -2.37. The van der Waals surface area contributed by atoms with E-state index in [1.165, 1.54) is 0 Å². The van der Waals surface area contributed by atoms with Gasteiger partial charge in [-0.2, -0.15) is 0 Å². The van der Waals surface area contributed by atoms with Crippen LogP contribution in [0.5, 0.6) is 0 Å². The van der Waals surface area contributed by atoms with Crippen molar-refractivity contribution < 1.29 is 83.2 Å². The molecular weight excluding hydrogens is 448 g/mol. The molecule has 6 atom stereocenters. The largest absolute Gasteiger partial charge is 1.00 e. The standard InChI is InChI=1S/C17H24NO11P.Na/c19-13(18-10(17(23)24)6-9-4-2-1-3-5-9)7-11-14(20)16(22)15(21)12(29-11)8-28-30(25,26)27;/h1-5,10-12,14-16,20-22H,6-8H2,(H,18,19)(H,23,24)(H2,25,26,27);/q;+1/p-1. The van der Waals surface area contributed by atoms with Crippen molar-refractivity contribution in [1.82, 2.24) is 5.32 Å². The van der Waals surface area contributed by atoms with Gasteiger partial charge in [-0.1, -0.05) is 30.3 Å². The summed E-state index contributed by atoms with van der Waals surface area (Å²) in [6.07, 6.45) is -8.74. The number of hydrogen-bond acceptors (Lipinski definition) is 9. The third-order valence-electron chi connectivity index (χ3n) is 4.51. The average molecular weight is 471 g/mol. The molecule has 168 valence electrons. The average Bonchev–Trinajstić information content (AvgIpc) is 2.67. The molecule has 0 aliphatic carbocycles. The molecule has 1 heterocycles. The molecule has 14 heteroatoms. The number of phosphoric acid groups is 1. The topological polar surface area (TPSA) is 206 Å². The summed E-state index contributed by atoms with van der Waals surface area (Å²) in [5, 5.41) is 43.4. The van der Waals surface area contributed by atoms with Gasteiger partial charge in [-0.15, -0.1) is 0 Å². The Bertz CT molecular complexity index is 777. The number of nitrogens with one attached hydrogen (secondary N) is 1. The van der Waals surface area contributed by atoms with E-state index >= 15 is 0 Å².